The maximum Gasteiger partial charge on any atom is 0.272 e. The molecule has 0 atom stereocenters. The van der Waals surface area contributed by atoms with Gasteiger partial charge in [-0.3, -0.25) is 9.59 Å². The second-order valence-corrected chi connectivity index (χ2v) is 7.74. The molecule has 1 heterocycles. The molecule has 0 radical (unpaired) electrons. The van der Waals surface area contributed by atoms with E-state index in [4.69, 9.17) is 0 Å². The summed E-state index contributed by atoms with van der Waals surface area (Å²) in [7, 11) is 0. The van der Waals surface area contributed by atoms with Gasteiger partial charge in [-0.2, -0.15) is 5.10 Å². The first-order valence-corrected chi connectivity index (χ1v) is 10.9. The number of carbonyl (C=O) groups is 2. The summed E-state index contributed by atoms with van der Waals surface area (Å²) in [4.78, 5) is 29.3. The van der Waals surface area contributed by atoms with Crippen LogP contribution in [0.2, 0.25) is 0 Å². The lowest BCUT2D eigenvalue weighted by Crippen LogP contribution is -2.20. The van der Waals surface area contributed by atoms with Crippen molar-refractivity contribution in [2.75, 3.05) is 5.32 Å². The van der Waals surface area contributed by atoms with Crippen molar-refractivity contribution in [2.45, 2.75) is 20.3 Å². The molecule has 4 rings (SSSR count). The van der Waals surface area contributed by atoms with Gasteiger partial charge in [0, 0.05) is 23.1 Å². The predicted octanol–water partition coefficient (Wildman–Crippen LogP) is 5.11. The van der Waals surface area contributed by atoms with E-state index in [0.717, 1.165) is 11.1 Å². The van der Waals surface area contributed by atoms with Crippen molar-refractivity contribution in [1.82, 2.24) is 10.4 Å². The number of hydrogen-bond donors (Lipinski definition) is 3. The molecule has 3 N–H and O–H groups in total. The molecule has 0 saturated heterocycles. The Labute approximate surface area is 197 Å². The molecule has 0 unspecified atom stereocenters. The Hall–Kier alpha value is -4.52. The summed E-state index contributed by atoms with van der Waals surface area (Å²) in [6.07, 6.45) is 0.409. The number of anilines is 1. The quantitative estimate of drug-likeness (QED) is 0.279. The van der Waals surface area contributed by atoms with Crippen LogP contribution in [0.3, 0.4) is 0 Å². The number of carbonyl (C=O) groups excluding carboxylic acids is 2. The topological polar surface area (TPSA) is 104 Å². The number of para-hydroxylation sites is 1. The predicted molar refractivity (Wildman–Crippen MR) is 134 cm³/mol. The van der Waals surface area contributed by atoms with Gasteiger partial charge in [0.05, 0.1) is 22.5 Å². The number of hydrogen-bond acceptors (Lipinski definition) is 5. The Morgan fingerprint density at radius 1 is 0.971 bits per heavy atom. The van der Waals surface area contributed by atoms with Crippen LogP contribution in [0.4, 0.5) is 5.69 Å². The zero-order valence-electron chi connectivity index (χ0n) is 18.9. The largest absolute Gasteiger partial charge is 0.508 e. The van der Waals surface area contributed by atoms with E-state index in [2.05, 4.69) is 20.8 Å². The molecule has 4 aromatic rings. The normalized spacial score (nSPS) is 11.3. The Bertz CT molecular complexity index is 1380. The van der Waals surface area contributed by atoms with E-state index in [9.17, 15) is 14.7 Å². The summed E-state index contributed by atoms with van der Waals surface area (Å²) < 4.78 is 0. The van der Waals surface area contributed by atoms with Crippen LogP contribution in [-0.2, 0) is 4.79 Å². The lowest BCUT2D eigenvalue weighted by atomic mass is 10.0. The van der Waals surface area contributed by atoms with Crippen LogP contribution in [0.5, 0.6) is 5.75 Å². The number of amides is 2. The fourth-order valence-electron chi connectivity index (χ4n) is 3.45. The van der Waals surface area contributed by atoms with Crippen molar-refractivity contribution in [1.29, 1.82) is 0 Å². The van der Waals surface area contributed by atoms with Gasteiger partial charge in [0.1, 0.15) is 5.75 Å². The minimum atomic E-state index is -0.357. The monoisotopic (exact) mass is 452 g/mol. The summed E-state index contributed by atoms with van der Waals surface area (Å²) in [5.41, 5.74) is 7.33. The highest BCUT2D eigenvalue weighted by atomic mass is 16.3. The molecule has 2 amide bonds. The van der Waals surface area contributed by atoms with Crippen molar-refractivity contribution >= 4 is 34.1 Å². The molecule has 34 heavy (non-hydrogen) atoms. The van der Waals surface area contributed by atoms with Crippen LogP contribution in [-0.4, -0.2) is 27.6 Å². The SMILES string of the molecule is CCC(=O)Nc1ccc(/C(C)=N\NC(=O)c2cc(-c3ccc(O)cc3)nc3ccccc23)cc1. The lowest BCUT2D eigenvalue weighted by Gasteiger charge is -2.10. The standard InChI is InChI=1S/C27H24N4O3/c1-3-26(33)28-20-12-8-18(9-13-20)17(2)30-31-27(34)23-16-25(19-10-14-21(32)15-11-19)29-24-7-5-4-6-22(23)24/h4-16,32H,3H2,1-2H3,(H,28,33)(H,31,34)/b30-17-. The number of fused-ring (bicyclic) bond motifs is 1. The van der Waals surface area contributed by atoms with Crippen molar-refractivity contribution in [3.63, 3.8) is 0 Å². The molecule has 0 aliphatic heterocycles. The number of phenols is 1. The minimum absolute atomic E-state index is 0.0540. The Kier molecular flexibility index (Phi) is 6.64. The number of aromatic nitrogens is 1. The average Bonchev–Trinajstić information content (AvgIpc) is 2.87. The van der Waals surface area contributed by atoms with Gasteiger partial charge in [0.2, 0.25) is 5.91 Å². The highest BCUT2D eigenvalue weighted by molar-refractivity contribution is 6.08. The highest BCUT2D eigenvalue weighted by Crippen LogP contribution is 2.26. The first kappa shape index (κ1) is 22.7. The van der Waals surface area contributed by atoms with E-state index in [0.29, 0.717) is 40.0 Å². The van der Waals surface area contributed by atoms with E-state index in [1.807, 2.05) is 36.4 Å². The Morgan fingerprint density at radius 3 is 2.38 bits per heavy atom. The summed E-state index contributed by atoms with van der Waals surface area (Å²) in [6, 6.07) is 23.1. The molecule has 0 aliphatic rings. The molecule has 7 nitrogen and oxygen atoms in total. The number of benzene rings is 3. The number of nitrogens with zero attached hydrogens (tertiary/aromatic N) is 2. The molecular formula is C27H24N4O3. The van der Waals surface area contributed by atoms with Crippen LogP contribution in [0, 0.1) is 0 Å². The summed E-state index contributed by atoms with van der Waals surface area (Å²) in [5.74, 6) is -0.250. The van der Waals surface area contributed by atoms with Crippen molar-refractivity contribution in [3.8, 4) is 17.0 Å². The third kappa shape index (κ3) is 5.10. The second-order valence-electron chi connectivity index (χ2n) is 7.74. The zero-order chi connectivity index (χ0) is 24.1. The minimum Gasteiger partial charge on any atom is -0.508 e. The molecular weight excluding hydrogens is 428 g/mol. The van der Waals surface area contributed by atoms with E-state index >= 15 is 0 Å². The molecule has 0 fully saturated rings. The maximum absolute atomic E-state index is 13.1. The van der Waals surface area contributed by atoms with Crippen LogP contribution < -0.4 is 10.7 Å². The first-order chi connectivity index (χ1) is 16.4. The van der Waals surface area contributed by atoms with Gasteiger partial charge in [-0.25, -0.2) is 10.4 Å². The van der Waals surface area contributed by atoms with Crippen LogP contribution in [0.1, 0.15) is 36.2 Å². The summed E-state index contributed by atoms with van der Waals surface area (Å²) in [6.45, 7) is 3.59. The molecule has 0 saturated carbocycles. The summed E-state index contributed by atoms with van der Waals surface area (Å²) >= 11 is 0. The lowest BCUT2D eigenvalue weighted by molar-refractivity contribution is -0.115. The molecule has 7 heteroatoms. The Morgan fingerprint density at radius 2 is 1.68 bits per heavy atom. The van der Waals surface area contributed by atoms with E-state index in [1.165, 1.54) is 0 Å². The average molecular weight is 453 g/mol. The molecule has 1 aromatic heterocycles. The fraction of sp³-hybridized carbons (Fsp3) is 0.111. The number of aromatic hydroxyl groups is 1. The van der Waals surface area contributed by atoms with Gasteiger partial charge >= 0.3 is 0 Å². The van der Waals surface area contributed by atoms with Gasteiger partial charge in [-0.05, 0) is 61.0 Å². The third-order valence-electron chi connectivity index (χ3n) is 5.36. The molecule has 0 spiro atoms. The van der Waals surface area contributed by atoms with E-state index < -0.39 is 0 Å². The van der Waals surface area contributed by atoms with Gasteiger partial charge in [0.15, 0.2) is 0 Å². The van der Waals surface area contributed by atoms with Crippen molar-refractivity contribution in [2.24, 2.45) is 5.10 Å². The molecule has 170 valence electrons. The fourth-order valence-corrected chi connectivity index (χ4v) is 3.45. The molecule has 0 aliphatic carbocycles. The number of pyridine rings is 1. The van der Waals surface area contributed by atoms with Gasteiger partial charge in [0.25, 0.3) is 5.91 Å². The number of nitrogens with one attached hydrogen (secondary N) is 2. The number of phenolic OH excluding ortho intramolecular Hbond substituents is 1. The third-order valence-corrected chi connectivity index (χ3v) is 5.36. The van der Waals surface area contributed by atoms with E-state index in [1.54, 1.807) is 56.3 Å². The maximum atomic E-state index is 13.1. The van der Waals surface area contributed by atoms with Crippen molar-refractivity contribution in [3.05, 3.63) is 90.0 Å². The number of rotatable bonds is 6. The van der Waals surface area contributed by atoms with Gasteiger partial charge < -0.3 is 10.4 Å². The Balaban J connectivity index is 1.59. The van der Waals surface area contributed by atoms with Gasteiger partial charge in [-0.15, -0.1) is 0 Å². The smallest absolute Gasteiger partial charge is 0.272 e. The van der Waals surface area contributed by atoms with Crippen molar-refractivity contribution < 1.29 is 14.7 Å². The molecule has 3 aromatic carbocycles. The van der Waals surface area contributed by atoms with Crippen LogP contribution >= 0.6 is 0 Å². The van der Waals surface area contributed by atoms with Crippen LogP contribution in [0.25, 0.3) is 22.2 Å². The van der Waals surface area contributed by atoms with Crippen LogP contribution in [0.15, 0.2) is 84.0 Å². The molecule has 0 bridgehead atoms. The van der Waals surface area contributed by atoms with E-state index in [-0.39, 0.29) is 17.6 Å². The van der Waals surface area contributed by atoms with Gasteiger partial charge in [-0.1, -0.05) is 37.3 Å². The number of hydrazone groups is 1. The highest BCUT2D eigenvalue weighted by Gasteiger charge is 2.14. The second kappa shape index (κ2) is 9.95. The zero-order valence-corrected chi connectivity index (χ0v) is 18.9. The summed E-state index contributed by atoms with van der Waals surface area (Å²) in [5, 5.41) is 17.4. The first-order valence-electron chi connectivity index (χ1n) is 10.9.